The maximum Gasteiger partial charge on any atom is 0.0591 e. The van der Waals surface area contributed by atoms with Crippen molar-refractivity contribution in [3.05, 3.63) is 21.3 Å². The molecule has 0 aromatic carbocycles. The SMILES string of the molecule is CCC(CC)(C(N)c1sccc1Cl)N1CCCC1. The molecule has 1 atom stereocenters. The number of nitrogens with zero attached hydrogens (tertiary/aromatic N) is 1. The monoisotopic (exact) mass is 286 g/mol. The number of nitrogens with two attached hydrogens (primary N) is 1. The molecule has 2 rings (SSSR count). The van der Waals surface area contributed by atoms with E-state index >= 15 is 0 Å². The van der Waals surface area contributed by atoms with Crippen LogP contribution < -0.4 is 5.73 Å². The van der Waals surface area contributed by atoms with E-state index in [4.69, 9.17) is 17.3 Å². The average Bonchev–Trinajstić information content (AvgIpc) is 3.02. The molecular formula is C14H23ClN2S. The second-order valence-corrected chi connectivity index (χ2v) is 6.47. The fraction of sp³-hybridized carbons (Fsp3) is 0.714. The Morgan fingerprint density at radius 2 is 2.00 bits per heavy atom. The van der Waals surface area contributed by atoms with E-state index < -0.39 is 0 Å². The van der Waals surface area contributed by atoms with Crippen molar-refractivity contribution < 1.29 is 0 Å². The number of hydrogen-bond donors (Lipinski definition) is 1. The molecule has 102 valence electrons. The number of likely N-dealkylation sites (tertiary alicyclic amines) is 1. The third kappa shape index (κ3) is 2.34. The summed E-state index contributed by atoms with van der Waals surface area (Å²) in [6.07, 6.45) is 4.76. The molecule has 2 N–H and O–H groups in total. The Bertz CT molecular complexity index is 381. The first kappa shape index (κ1) is 14.3. The summed E-state index contributed by atoms with van der Waals surface area (Å²) in [6.45, 7) is 6.86. The molecule has 1 aliphatic heterocycles. The minimum atomic E-state index is 0.0260. The summed E-state index contributed by atoms with van der Waals surface area (Å²) in [7, 11) is 0. The minimum absolute atomic E-state index is 0.0260. The van der Waals surface area contributed by atoms with Crippen LogP contribution in [0.5, 0.6) is 0 Å². The Morgan fingerprint density at radius 3 is 2.44 bits per heavy atom. The molecule has 0 aliphatic carbocycles. The van der Waals surface area contributed by atoms with Gasteiger partial charge in [0.2, 0.25) is 0 Å². The predicted octanol–water partition coefficient (Wildman–Crippen LogP) is 4.06. The van der Waals surface area contributed by atoms with Crippen molar-refractivity contribution in [2.24, 2.45) is 5.73 Å². The van der Waals surface area contributed by atoms with Crippen LogP contribution in [0.2, 0.25) is 5.02 Å². The number of thiophene rings is 1. The number of hydrogen-bond acceptors (Lipinski definition) is 3. The second kappa shape index (κ2) is 5.91. The van der Waals surface area contributed by atoms with E-state index in [0.717, 1.165) is 22.7 Å². The molecule has 1 aliphatic rings. The zero-order valence-electron chi connectivity index (χ0n) is 11.3. The van der Waals surface area contributed by atoms with Gasteiger partial charge in [-0.05, 0) is 50.2 Å². The Balaban J connectivity index is 2.31. The third-order valence-electron chi connectivity index (χ3n) is 4.47. The summed E-state index contributed by atoms with van der Waals surface area (Å²) < 4.78 is 0. The normalized spacial score (nSPS) is 19.3. The second-order valence-electron chi connectivity index (χ2n) is 5.12. The Morgan fingerprint density at radius 1 is 1.39 bits per heavy atom. The van der Waals surface area contributed by atoms with Gasteiger partial charge in [0.05, 0.1) is 11.1 Å². The quantitative estimate of drug-likeness (QED) is 0.884. The summed E-state index contributed by atoms with van der Waals surface area (Å²) in [5.74, 6) is 0. The van der Waals surface area contributed by atoms with Gasteiger partial charge in [0.1, 0.15) is 0 Å². The van der Waals surface area contributed by atoms with Crippen LogP contribution in [0.3, 0.4) is 0 Å². The molecule has 2 heterocycles. The van der Waals surface area contributed by atoms with Crippen molar-refractivity contribution in [1.29, 1.82) is 0 Å². The van der Waals surface area contributed by atoms with Gasteiger partial charge in [-0.2, -0.15) is 0 Å². The van der Waals surface area contributed by atoms with Gasteiger partial charge in [0.25, 0.3) is 0 Å². The Kier molecular flexibility index (Phi) is 4.70. The molecule has 0 saturated carbocycles. The van der Waals surface area contributed by atoms with Crippen molar-refractivity contribution in [1.82, 2.24) is 4.90 Å². The van der Waals surface area contributed by atoms with E-state index in [9.17, 15) is 0 Å². The van der Waals surface area contributed by atoms with E-state index in [1.165, 1.54) is 25.9 Å². The third-order valence-corrected chi connectivity index (χ3v) is 5.91. The maximum atomic E-state index is 6.60. The van der Waals surface area contributed by atoms with Crippen molar-refractivity contribution in [2.45, 2.75) is 51.1 Å². The number of rotatable bonds is 5. The highest BCUT2D eigenvalue weighted by molar-refractivity contribution is 7.10. The van der Waals surface area contributed by atoms with Gasteiger partial charge in [0.15, 0.2) is 0 Å². The fourth-order valence-corrected chi connectivity index (χ4v) is 4.55. The Hall–Kier alpha value is -0.0900. The van der Waals surface area contributed by atoms with Crippen LogP contribution in [0.25, 0.3) is 0 Å². The highest BCUT2D eigenvalue weighted by Crippen LogP contribution is 2.41. The molecule has 0 amide bonds. The minimum Gasteiger partial charge on any atom is -0.322 e. The van der Waals surface area contributed by atoms with Crippen molar-refractivity contribution in [3.63, 3.8) is 0 Å². The summed E-state index contributed by atoms with van der Waals surface area (Å²) >= 11 is 7.96. The van der Waals surface area contributed by atoms with Crippen molar-refractivity contribution in [3.8, 4) is 0 Å². The standard InChI is InChI=1S/C14H23ClN2S/c1-3-14(4-2,17-8-5-6-9-17)13(16)12-11(15)7-10-18-12/h7,10,13H,3-6,8-9,16H2,1-2H3. The lowest BCUT2D eigenvalue weighted by atomic mass is 9.82. The van der Waals surface area contributed by atoms with E-state index in [-0.39, 0.29) is 11.6 Å². The van der Waals surface area contributed by atoms with Crippen LogP contribution in [0.1, 0.15) is 50.4 Å². The molecule has 1 unspecified atom stereocenters. The molecule has 1 saturated heterocycles. The van der Waals surface area contributed by atoms with E-state index in [2.05, 4.69) is 18.7 Å². The zero-order chi connectivity index (χ0) is 13.2. The summed E-state index contributed by atoms with van der Waals surface area (Å²) in [4.78, 5) is 3.74. The van der Waals surface area contributed by atoms with Gasteiger partial charge >= 0.3 is 0 Å². The average molecular weight is 287 g/mol. The molecule has 0 radical (unpaired) electrons. The maximum absolute atomic E-state index is 6.60. The van der Waals surface area contributed by atoms with Crippen molar-refractivity contribution in [2.75, 3.05) is 13.1 Å². The predicted molar refractivity (Wildman–Crippen MR) is 80.4 cm³/mol. The van der Waals surface area contributed by atoms with E-state index in [1.807, 2.05) is 11.4 Å². The van der Waals surface area contributed by atoms with Gasteiger partial charge < -0.3 is 5.73 Å². The van der Waals surface area contributed by atoms with E-state index in [1.54, 1.807) is 11.3 Å². The summed E-state index contributed by atoms with van der Waals surface area (Å²) in [6, 6.07) is 1.99. The molecule has 4 heteroatoms. The lowest BCUT2D eigenvalue weighted by Crippen LogP contribution is -2.53. The number of halogens is 1. The van der Waals surface area contributed by atoms with Gasteiger partial charge in [-0.25, -0.2) is 0 Å². The topological polar surface area (TPSA) is 29.3 Å². The van der Waals surface area contributed by atoms with Crippen molar-refractivity contribution >= 4 is 22.9 Å². The Labute approximate surface area is 119 Å². The molecular weight excluding hydrogens is 264 g/mol. The highest BCUT2D eigenvalue weighted by atomic mass is 35.5. The largest absolute Gasteiger partial charge is 0.322 e. The lowest BCUT2D eigenvalue weighted by Gasteiger charge is -2.45. The molecule has 18 heavy (non-hydrogen) atoms. The molecule has 2 nitrogen and oxygen atoms in total. The van der Waals surface area contributed by atoms with Crippen LogP contribution in [0.4, 0.5) is 0 Å². The van der Waals surface area contributed by atoms with Crippen LogP contribution in [-0.2, 0) is 0 Å². The molecule has 0 spiro atoms. The highest BCUT2D eigenvalue weighted by Gasteiger charge is 2.42. The van der Waals surface area contributed by atoms with Crippen LogP contribution in [0.15, 0.2) is 11.4 Å². The lowest BCUT2D eigenvalue weighted by molar-refractivity contribution is 0.0779. The molecule has 1 aromatic rings. The summed E-state index contributed by atoms with van der Waals surface area (Å²) in [5, 5.41) is 2.87. The van der Waals surface area contributed by atoms with Gasteiger partial charge in [0, 0.05) is 10.4 Å². The fourth-order valence-electron chi connectivity index (χ4n) is 3.27. The first-order valence-electron chi connectivity index (χ1n) is 6.89. The van der Waals surface area contributed by atoms with Crippen LogP contribution in [-0.4, -0.2) is 23.5 Å². The smallest absolute Gasteiger partial charge is 0.0591 e. The first-order valence-corrected chi connectivity index (χ1v) is 8.15. The van der Waals surface area contributed by atoms with Gasteiger partial charge in [-0.1, -0.05) is 25.4 Å². The summed E-state index contributed by atoms with van der Waals surface area (Å²) in [5.41, 5.74) is 6.68. The van der Waals surface area contributed by atoms with Crippen LogP contribution >= 0.6 is 22.9 Å². The first-order chi connectivity index (χ1) is 8.65. The van der Waals surface area contributed by atoms with Gasteiger partial charge in [-0.3, -0.25) is 4.90 Å². The zero-order valence-corrected chi connectivity index (χ0v) is 12.9. The van der Waals surface area contributed by atoms with Crippen LogP contribution in [0, 0.1) is 0 Å². The molecule has 0 bridgehead atoms. The molecule has 1 aromatic heterocycles. The van der Waals surface area contributed by atoms with Gasteiger partial charge in [-0.15, -0.1) is 11.3 Å². The molecule has 1 fully saturated rings. The van der Waals surface area contributed by atoms with E-state index in [0.29, 0.717) is 0 Å².